The lowest BCUT2D eigenvalue weighted by Gasteiger charge is -2.22. The predicted octanol–water partition coefficient (Wildman–Crippen LogP) is 3.21. The fourth-order valence-corrected chi connectivity index (χ4v) is 2.24. The van der Waals surface area contributed by atoms with Crippen LogP contribution in [0, 0.1) is 0 Å². The molecule has 0 spiro atoms. The Balaban J connectivity index is 3.71. The number of rotatable bonds is 20. The summed E-state index contributed by atoms with van der Waals surface area (Å²) in [6.07, 6.45) is 1.71. The summed E-state index contributed by atoms with van der Waals surface area (Å²) in [5.41, 5.74) is 0. The van der Waals surface area contributed by atoms with E-state index in [4.69, 9.17) is 28.4 Å². The smallest absolute Gasteiger partial charge is 0.0781 e. The van der Waals surface area contributed by atoms with E-state index in [0.29, 0.717) is 39.6 Å². The minimum Gasteiger partial charge on any atom is -0.391 e. The quantitative estimate of drug-likeness (QED) is 0.302. The third-order valence-electron chi connectivity index (χ3n) is 4.08. The number of hydrogen-bond acceptors (Lipinski definition) is 7. The zero-order valence-corrected chi connectivity index (χ0v) is 19.7. The predicted molar refractivity (Wildman–Crippen MR) is 114 cm³/mol. The van der Waals surface area contributed by atoms with Crippen molar-refractivity contribution < 1.29 is 33.5 Å². The van der Waals surface area contributed by atoms with Crippen LogP contribution < -0.4 is 0 Å². The van der Waals surface area contributed by atoms with Crippen LogP contribution in [0.1, 0.15) is 61.3 Å². The van der Waals surface area contributed by atoms with Crippen molar-refractivity contribution in [2.45, 2.75) is 97.9 Å². The van der Waals surface area contributed by atoms with Crippen molar-refractivity contribution in [3.8, 4) is 0 Å². The van der Waals surface area contributed by atoms with Crippen LogP contribution in [-0.4, -0.2) is 88.0 Å². The van der Waals surface area contributed by atoms with E-state index in [-0.39, 0.29) is 30.5 Å². The minimum atomic E-state index is -0.464. The van der Waals surface area contributed by atoms with Gasteiger partial charge in [0.15, 0.2) is 0 Å². The van der Waals surface area contributed by atoms with Crippen LogP contribution in [0.5, 0.6) is 0 Å². The maximum Gasteiger partial charge on any atom is 0.0781 e. The van der Waals surface area contributed by atoms with Crippen LogP contribution in [0.4, 0.5) is 0 Å². The molecule has 0 fully saturated rings. The highest BCUT2D eigenvalue weighted by Crippen LogP contribution is 2.04. The number of aliphatic hydroxyl groups is 1. The number of ether oxygens (including phenoxy) is 6. The van der Waals surface area contributed by atoms with Crippen LogP contribution in [0.25, 0.3) is 0 Å². The van der Waals surface area contributed by atoms with Gasteiger partial charge < -0.3 is 33.5 Å². The molecule has 0 saturated carbocycles. The normalized spacial score (nSPS) is 18.2. The van der Waals surface area contributed by atoms with Gasteiger partial charge in [-0.3, -0.25) is 0 Å². The standard InChI is InChI=1S/C22H46O7/c1-8-9-10-24-12-18(3)26-14-20(5)28-16-22(7)29-15-21(6)27-13-19(4)25-11-17(2)23/h17-23H,8-16H2,1-7H3. The molecule has 0 aromatic rings. The van der Waals surface area contributed by atoms with Crippen molar-refractivity contribution >= 4 is 0 Å². The monoisotopic (exact) mass is 422 g/mol. The van der Waals surface area contributed by atoms with E-state index in [0.717, 1.165) is 19.4 Å². The Morgan fingerprint density at radius 2 is 0.897 bits per heavy atom. The lowest BCUT2D eigenvalue weighted by atomic mass is 10.3. The lowest BCUT2D eigenvalue weighted by Crippen LogP contribution is -2.29. The maximum absolute atomic E-state index is 9.22. The zero-order valence-electron chi connectivity index (χ0n) is 19.7. The highest BCUT2D eigenvalue weighted by Gasteiger charge is 2.13. The zero-order chi connectivity index (χ0) is 22.1. The summed E-state index contributed by atoms with van der Waals surface area (Å²) >= 11 is 0. The van der Waals surface area contributed by atoms with Gasteiger partial charge in [-0.2, -0.15) is 0 Å². The van der Waals surface area contributed by atoms with Gasteiger partial charge in [0.05, 0.1) is 76.3 Å². The maximum atomic E-state index is 9.22. The summed E-state index contributed by atoms with van der Waals surface area (Å²) < 4.78 is 34.1. The van der Waals surface area contributed by atoms with Crippen LogP contribution in [0.2, 0.25) is 0 Å². The van der Waals surface area contributed by atoms with E-state index in [2.05, 4.69) is 6.92 Å². The number of aliphatic hydroxyl groups excluding tert-OH is 1. The van der Waals surface area contributed by atoms with Crippen LogP contribution >= 0.6 is 0 Å². The van der Waals surface area contributed by atoms with Crippen molar-refractivity contribution in [1.29, 1.82) is 0 Å². The Kier molecular flexibility index (Phi) is 18.3. The molecule has 6 atom stereocenters. The van der Waals surface area contributed by atoms with E-state index in [1.165, 1.54) is 0 Å². The van der Waals surface area contributed by atoms with Crippen molar-refractivity contribution in [2.75, 3.05) is 46.2 Å². The van der Waals surface area contributed by atoms with Gasteiger partial charge in [-0.25, -0.2) is 0 Å². The molecule has 1 N–H and O–H groups in total. The molecule has 176 valence electrons. The Morgan fingerprint density at radius 3 is 1.24 bits per heavy atom. The summed E-state index contributed by atoms with van der Waals surface area (Å²) in [7, 11) is 0. The minimum absolute atomic E-state index is 0.000250. The van der Waals surface area contributed by atoms with E-state index in [9.17, 15) is 5.11 Å². The Labute approximate surface area is 178 Å². The van der Waals surface area contributed by atoms with Crippen LogP contribution in [0.15, 0.2) is 0 Å². The van der Waals surface area contributed by atoms with Gasteiger partial charge in [-0.05, 0) is 48.0 Å². The molecule has 7 heteroatoms. The number of unbranched alkanes of at least 4 members (excludes halogenated alkanes) is 1. The van der Waals surface area contributed by atoms with Crippen molar-refractivity contribution in [3.05, 3.63) is 0 Å². The molecule has 0 aliphatic heterocycles. The topological polar surface area (TPSA) is 75.6 Å². The van der Waals surface area contributed by atoms with E-state index in [1.807, 2.05) is 34.6 Å². The average Bonchev–Trinajstić information content (AvgIpc) is 2.69. The van der Waals surface area contributed by atoms with Gasteiger partial charge in [0.1, 0.15) is 0 Å². The van der Waals surface area contributed by atoms with Crippen LogP contribution in [-0.2, 0) is 28.4 Å². The summed E-state index contributed by atoms with van der Waals surface area (Å²) in [5.74, 6) is 0. The first-order valence-electron chi connectivity index (χ1n) is 11.1. The molecule has 0 radical (unpaired) electrons. The summed E-state index contributed by atoms with van der Waals surface area (Å²) in [5, 5.41) is 9.22. The Hall–Kier alpha value is -0.280. The van der Waals surface area contributed by atoms with E-state index >= 15 is 0 Å². The number of hydrogen-bond donors (Lipinski definition) is 1. The third-order valence-corrected chi connectivity index (χ3v) is 4.08. The molecule has 0 bridgehead atoms. The molecule has 0 heterocycles. The second-order valence-electron chi connectivity index (χ2n) is 8.00. The SMILES string of the molecule is CCCCOCC(C)OCC(C)OCC(C)OCC(C)OCC(C)OCC(C)O. The highest BCUT2D eigenvalue weighted by molar-refractivity contribution is 4.58. The van der Waals surface area contributed by atoms with E-state index < -0.39 is 6.10 Å². The van der Waals surface area contributed by atoms with E-state index in [1.54, 1.807) is 6.92 Å². The Morgan fingerprint density at radius 1 is 0.552 bits per heavy atom. The van der Waals surface area contributed by atoms with Crippen LogP contribution in [0.3, 0.4) is 0 Å². The van der Waals surface area contributed by atoms with Crippen molar-refractivity contribution in [2.24, 2.45) is 0 Å². The first kappa shape index (κ1) is 28.7. The summed E-state index contributed by atoms with van der Waals surface area (Å²) in [6, 6.07) is 0. The molecule has 7 nitrogen and oxygen atoms in total. The molecule has 6 unspecified atom stereocenters. The fourth-order valence-electron chi connectivity index (χ4n) is 2.24. The van der Waals surface area contributed by atoms with Gasteiger partial charge in [-0.1, -0.05) is 13.3 Å². The fraction of sp³-hybridized carbons (Fsp3) is 1.00. The molecule has 0 aromatic heterocycles. The molecule has 0 saturated heterocycles. The van der Waals surface area contributed by atoms with Gasteiger partial charge in [0.2, 0.25) is 0 Å². The second kappa shape index (κ2) is 18.5. The summed E-state index contributed by atoms with van der Waals surface area (Å²) in [6.45, 7) is 17.5. The van der Waals surface area contributed by atoms with Gasteiger partial charge in [0.25, 0.3) is 0 Å². The largest absolute Gasteiger partial charge is 0.391 e. The highest BCUT2D eigenvalue weighted by atomic mass is 16.6. The lowest BCUT2D eigenvalue weighted by molar-refractivity contribution is -0.102. The van der Waals surface area contributed by atoms with Gasteiger partial charge >= 0.3 is 0 Å². The van der Waals surface area contributed by atoms with Gasteiger partial charge in [-0.15, -0.1) is 0 Å². The second-order valence-corrected chi connectivity index (χ2v) is 8.00. The molecule has 0 rings (SSSR count). The first-order chi connectivity index (χ1) is 13.7. The average molecular weight is 423 g/mol. The molecule has 0 aliphatic carbocycles. The molecule has 29 heavy (non-hydrogen) atoms. The third kappa shape index (κ3) is 19.4. The van der Waals surface area contributed by atoms with Crippen molar-refractivity contribution in [1.82, 2.24) is 0 Å². The summed E-state index contributed by atoms with van der Waals surface area (Å²) in [4.78, 5) is 0. The molecule has 0 amide bonds. The Bertz CT molecular complexity index is 354. The molecular formula is C22H46O7. The molecule has 0 aromatic carbocycles. The van der Waals surface area contributed by atoms with Crippen molar-refractivity contribution in [3.63, 3.8) is 0 Å². The first-order valence-corrected chi connectivity index (χ1v) is 11.1. The van der Waals surface area contributed by atoms with Gasteiger partial charge in [0, 0.05) is 6.61 Å². The molecule has 0 aliphatic rings. The molecular weight excluding hydrogens is 376 g/mol.